The quantitative estimate of drug-likeness (QED) is 0.831. The molecule has 0 radical (unpaired) electrons. The maximum atomic E-state index is 12.7. The molecule has 2 aliphatic heterocycles. The van der Waals surface area contributed by atoms with E-state index in [2.05, 4.69) is 0 Å². The summed E-state index contributed by atoms with van der Waals surface area (Å²) in [6.07, 6.45) is 0.356. The standard InChI is InChI=1S/C20H27ClN2O4/c1-12(24)18(25)22-10-13-8-14(21)9-15(16(13)11-22)17-6-5-7-23(17)19(26)27-20(2,3)4/h8-9,12,17,24H,5-7,10-11H2,1-4H3/t12-,17-/m1/s1. The van der Waals surface area contributed by atoms with Crippen molar-refractivity contribution in [3.05, 3.63) is 33.8 Å². The molecule has 0 spiro atoms. The molecule has 7 heteroatoms. The van der Waals surface area contributed by atoms with Gasteiger partial charge in [-0.15, -0.1) is 0 Å². The lowest BCUT2D eigenvalue weighted by Gasteiger charge is -2.30. The van der Waals surface area contributed by atoms with Crippen LogP contribution < -0.4 is 0 Å². The topological polar surface area (TPSA) is 70.1 Å². The number of hydrogen-bond acceptors (Lipinski definition) is 4. The first-order valence-corrected chi connectivity index (χ1v) is 9.72. The van der Waals surface area contributed by atoms with Crippen LogP contribution in [0.15, 0.2) is 12.1 Å². The summed E-state index contributed by atoms with van der Waals surface area (Å²) in [5, 5.41) is 10.2. The second kappa shape index (κ2) is 7.32. The largest absolute Gasteiger partial charge is 0.444 e. The number of nitrogens with zero attached hydrogens (tertiary/aromatic N) is 2. The second-order valence-electron chi connectivity index (χ2n) is 8.33. The van der Waals surface area contributed by atoms with Crippen molar-refractivity contribution in [2.75, 3.05) is 6.54 Å². The molecule has 0 aliphatic carbocycles. The molecule has 0 aromatic heterocycles. The molecule has 3 rings (SSSR count). The number of halogens is 1. The molecule has 1 N–H and O–H groups in total. The van der Waals surface area contributed by atoms with Crippen LogP contribution in [0.25, 0.3) is 0 Å². The van der Waals surface area contributed by atoms with Crippen molar-refractivity contribution in [2.24, 2.45) is 0 Å². The number of aliphatic hydroxyl groups excluding tert-OH is 1. The SMILES string of the molecule is C[C@@H](O)C(=O)N1Cc2cc(Cl)cc([C@H]3CCCN3C(=O)OC(C)(C)C)c2C1. The van der Waals surface area contributed by atoms with Crippen molar-refractivity contribution in [3.8, 4) is 0 Å². The average molecular weight is 395 g/mol. The van der Waals surface area contributed by atoms with E-state index in [4.69, 9.17) is 16.3 Å². The van der Waals surface area contributed by atoms with Crippen LogP contribution in [-0.4, -0.2) is 45.2 Å². The van der Waals surface area contributed by atoms with Gasteiger partial charge < -0.3 is 19.6 Å². The molecule has 27 heavy (non-hydrogen) atoms. The molecule has 2 amide bonds. The van der Waals surface area contributed by atoms with Gasteiger partial charge in [0.25, 0.3) is 5.91 Å². The van der Waals surface area contributed by atoms with Gasteiger partial charge in [-0.1, -0.05) is 11.6 Å². The van der Waals surface area contributed by atoms with E-state index in [1.807, 2.05) is 32.9 Å². The van der Waals surface area contributed by atoms with E-state index in [1.54, 1.807) is 9.80 Å². The minimum Gasteiger partial charge on any atom is -0.444 e. The average Bonchev–Trinajstić information content (AvgIpc) is 3.18. The molecule has 148 valence electrons. The minimum atomic E-state index is -1.04. The summed E-state index contributed by atoms with van der Waals surface area (Å²) in [4.78, 5) is 28.3. The predicted molar refractivity (Wildman–Crippen MR) is 102 cm³/mol. The van der Waals surface area contributed by atoms with Crippen LogP contribution >= 0.6 is 11.6 Å². The molecule has 0 saturated carbocycles. The first-order valence-electron chi connectivity index (χ1n) is 9.34. The van der Waals surface area contributed by atoms with E-state index < -0.39 is 11.7 Å². The van der Waals surface area contributed by atoms with Crippen molar-refractivity contribution in [1.82, 2.24) is 9.80 Å². The van der Waals surface area contributed by atoms with Gasteiger partial charge in [-0.3, -0.25) is 4.79 Å². The highest BCUT2D eigenvalue weighted by Gasteiger charge is 2.37. The van der Waals surface area contributed by atoms with Crippen LogP contribution in [0.5, 0.6) is 0 Å². The number of amides is 2. The maximum Gasteiger partial charge on any atom is 0.410 e. The number of aliphatic hydroxyl groups is 1. The Kier molecular flexibility index (Phi) is 5.41. The Morgan fingerprint density at radius 1 is 1.30 bits per heavy atom. The number of benzene rings is 1. The van der Waals surface area contributed by atoms with Gasteiger partial charge in [-0.2, -0.15) is 0 Å². The molecule has 1 aromatic carbocycles. The van der Waals surface area contributed by atoms with Gasteiger partial charge in [-0.25, -0.2) is 4.79 Å². The van der Waals surface area contributed by atoms with Crippen LogP contribution in [-0.2, 0) is 22.6 Å². The van der Waals surface area contributed by atoms with Crippen molar-refractivity contribution < 1.29 is 19.4 Å². The van der Waals surface area contributed by atoms with E-state index in [0.29, 0.717) is 24.7 Å². The molecular weight excluding hydrogens is 368 g/mol. The number of carbonyl (C=O) groups excluding carboxylic acids is 2. The smallest absolute Gasteiger partial charge is 0.410 e. The molecular formula is C20H27ClN2O4. The molecule has 0 bridgehead atoms. The van der Waals surface area contributed by atoms with E-state index in [9.17, 15) is 14.7 Å². The summed E-state index contributed by atoms with van der Waals surface area (Å²) in [6.45, 7) is 8.51. The number of hydrogen-bond donors (Lipinski definition) is 1. The molecule has 1 fully saturated rings. The third-order valence-electron chi connectivity index (χ3n) is 4.96. The van der Waals surface area contributed by atoms with E-state index >= 15 is 0 Å². The van der Waals surface area contributed by atoms with E-state index in [-0.39, 0.29) is 18.0 Å². The molecule has 0 unspecified atom stereocenters. The lowest BCUT2D eigenvalue weighted by molar-refractivity contribution is -0.139. The predicted octanol–water partition coefficient (Wildman–Crippen LogP) is 3.64. The Morgan fingerprint density at radius 3 is 2.63 bits per heavy atom. The Hall–Kier alpha value is -1.79. The van der Waals surface area contributed by atoms with Crippen LogP contribution in [0.2, 0.25) is 5.02 Å². The molecule has 1 saturated heterocycles. The Labute approximate surface area is 165 Å². The van der Waals surface area contributed by atoms with Gasteiger partial charge in [0.1, 0.15) is 11.7 Å². The van der Waals surface area contributed by atoms with Gasteiger partial charge in [0.15, 0.2) is 0 Å². The summed E-state index contributed by atoms with van der Waals surface area (Å²) in [5.41, 5.74) is 2.42. The summed E-state index contributed by atoms with van der Waals surface area (Å²) in [7, 11) is 0. The van der Waals surface area contributed by atoms with Crippen LogP contribution in [0.1, 0.15) is 63.3 Å². The van der Waals surface area contributed by atoms with E-state index in [0.717, 1.165) is 29.5 Å². The Morgan fingerprint density at radius 2 is 2.00 bits per heavy atom. The third-order valence-corrected chi connectivity index (χ3v) is 5.18. The third kappa shape index (κ3) is 4.22. The van der Waals surface area contributed by atoms with Gasteiger partial charge >= 0.3 is 6.09 Å². The maximum absolute atomic E-state index is 12.7. The Bertz CT molecular complexity index is 757. The summed E-state index contributed by atoms with van der Waals surface area (Å²) < 4.78 is 5.57. The minimum absolute atomic E-state index is 0.117. The first-order chi connectivity index (χ1) is 12.6. The van der Waals surface area contributed by atoms with Crippen molar-refractivity contribution in [1.29, 1.82) is 0 Å². The fourth-order valence-electron chi connectivity index (χ4n) is 3.85. The van der Waals surface area contributed by atoms with Crippen molar-refractivity contribution in [3.63, 3.8) is 0 Å². The Balaban J connectivity index is 1.90. The summed E-state index contributed by atoms with van der Waals surface area (Å²) in [5.74, 6) is -0.302. The number of likely N-dealkylation sites (tertiary alicyclic amines) is 1. The van der Waals surface area contributed by atoms with E-state index in [1.165, 1.54) is 6.92 Å². The van der Waals surface area contributed by atoms with Gasteiger partial charge in [0, 0.05) is 24.7 Å². The molecule has 6 nitrogen and oxygen atoms in total. The first kappa shape index (κ1) is 20.0. The zero-order chi connectivity index (χ0) is 19.9. The lowest BCUT2D eigenvalue weighted by Crippen LogP contribution is -2.36. The highest BCUT2D eigenvalue weighted by Crippen LogP contribution is 2.40. The van der Waals surface area contributed by atoms with Gasteiger partial charge in [-0.05, 0) is 69.4 Å². The molecule has 2 aliphatic rings. The number of rotatable bonds is 2. The molecule has 2 atom stereocenters. The summed E-state index contributed by atoms with van der Waals surface area (Å²) in [6, 6.07) is 3.64. The van der Waals surface area contributed by atoms with Crippen LogP contribution in [0, 0.1) is 0 Å². The highest BCUT2D eigenvalue weighted by atomic mass is 35.5. The van der Waals surface area contributed by atoms with Gasteiger partial charge in [0.2, 0.25) is 0 Å². The van der Waals surface area contributed by atoms with Gasteiger partial charge in [0.05, 0.1) is 6.04 Å². The summed E-state index contributed by atoms with van der Waals surface area (Å²) >= 11 is 6.34. The second-order valence-corrected chi connectivity index (χ2v) is 8.77. The number of ether oxygens (including phenoxy) is 1. The molecule has 2 heterocycles. The normalized spacial score (nSPS) is 20.6. The highest BCUT2D eigenvalue weighted by molar-refractivity contribution is 6.30. The fraction of sp³-hybridized carbons (Fsp3) is 0.600. The lowest BCUT2D eigenvalue weighted by atomic mass is 9.96. The number of fused-ring (bicyclic) bond motifs is 1. The molecule has 1 aromatic rings. The van der Waals surface area contributed by atoms with Crippen molar-refractivity contribution in [2.45, 2.75) is 71.4 Å². The zero-order valence-electron chi connectivity index (χ0n) is 16.3. The van der Waals surface area contributed by atoms with Crippen LogP contribution in [0.3, 0.4) is 0 Å². The van der Waals surface area contributed by atoms with Crippen LogP contribution in [0.4, 0.5) is 4.79 Å². The number of carbonyl (C=O) groups is 2. The fourth-order valence-corrected chi connectivity index (χ4v) is 4.10. The zero-order valence-corrected chi connectivity index (χ0v) is 17.0. The monoisotopic (exact) mass is 394 g/mol. The van der Waals surface area contributed by atoms with Crippen molar-refractivity contribution >= 4 is 23.6 Å².